The Labute approximate surface area is 158 Å². The van der Waals surface area contributed by atoms with Crippen LogP contribution in [-0.2, 0) is 25.6 Å². The Hall–Kier alpha value is -2.59. The number of sulfone groups is 1. The smallest absolute Gasteiger partial charge is 0.255 e. The summed E-state index contributed by atoms with van der Waals surface area (Å²) < 4.78 is 53.0. The zero-order valence-electron chi connectivity index (χ0n) is 15.0. The van der Waals surface area contributed by atoms with E-state index in [1.807, 2.05) is 0 Å². The SMILES string of the molecule is COc1cc(NC(=O)c2cccc(CS(C)(=O)=O)c2)ccc1NS(C)(=O)=O. The number of benzene rings is 2. The van der Waals surface area contributed by atoms with Crippen molar-refractivity contribution in [2.45, 2.75) is 5.75 Å². The van der Waals surface area contributed by atoms with E-state index in [-0.39, 0.29) is 17.2 Å². The summed E-state index contributed by atoms with van der Waals surface area (Å²) >= 11 is 0. The highest BCUT2D eigenvalue weighted by molar-refractivity contribution is 7.92. The fourth-order valence-corrected chi connectivity index (χ4v) is 3.71. The Bertz CT molecular complexity index is 1060. The number of amides is 1. The van der Waals surface area contributed by atoms with Crippen LogP contribution >= 0.6 is 0 Å². The first-order valence-corrected chi connectivity index (χ1v) is 11.7. The third-order valence-electron chi connectivity index (χ3n) is 3.37. The van der Waals surface area contributed by atoms with Crippen molar-refractivity contribution in [3.63, 3.8) is 0 Å². The Morgan fingerprint density at radius 1 is 1.04 bits per heavy atom. The molecule has 0 atom stereocenters. The number of sulfonamides is 1. The number of hydrogen-bond acceptors (Lipinski definition) is 6. The van der Waals surface area contributed by atoms with E-state index in [0.29, 0.717) is 16.8 Å². The predicted octanol–water partition coefficient (Wildman–Crippen LogP) is 1.86. The predicted molar refractivity (Wildman–Crippen MR) is 104 cm³/mol. The van der Waals surface area contributed by atoms with Crippen LogP contribution in [0.5, 0.6) is 5.75 Å². The van der Waals surface area contributed by atoms with Crippen LogP contribution in [0.1, 0.15) is 15.9 Å². The topological polar surface area (TPSA) is 119 Å². The molecule has 27 heavy (non-hydrogen) atoms. The molecule has 10 heteroatoms. The molecule has 1 amide bonds. The maximum atomic E-state index is 12.4. The van der Waals surface area contributed by atoms with Gasteiger partial charge in [-0.1, -0.05) is 12.1 Å². The monoisotopic (exact) mass is 412 g/mol. The second kappa shape index (κ2) is 7.97. The van der Waals surface area contributed by atoms with Crippen LogP contribution in [0.3, 0.4) is 0 Å². The average molecular weight is 412 g/mol. The van der Waals surface area contributed by atoms with Gasteiger partial charge in [0.15, 0.2) is 9.84 Å². The summed E-state index contributed by atoms with van der Waals surface area (Å²) in [5.41, 5.74) is 1.45. The number of nitrogens with one attached hydrogen (secondary N) is 2. The maximum Gasteiger partial charge on any atom is 0.255 e. The molecule has 2 N–H and O–H groups in total. The lowest BCUT2D eigenvalue weighted by Crippen LogP contribution is -2.14. The van der Waals surface area contributed by atoms with E-state index in [2.05, 4.69) is 10.0 Å². The minimum Gasteiger partial charge on any atom is -0.494 e. The molecule has 0 saturated heterocycles. The minimum absolute atomic E-state index is 0.159. The van der Waals surface area contributed by atoms with Crippen LogP contribution in [0.15, 0.2) is 42.5 Å². The minimum atomic E-state index is -3.47. The molecule has 0 aromatic heterocycles. The summed E-state index contributed by atoms with van der Waals surface area (Å²) in [6.07, 6.45) is 2.14. The first-order chi connectivity index (χ1) is 12.5. The largest absolute Gasteiger partial charge is 0.494 e. The molecule has 2 aromatic rings. The van der Waals surface area contributed by atoms with E-state index in [9.17, 15) is 21.6 Å². The van der Waals surface area contributed by atoms with E-state index in [1.165, 1.54) is 31.4 Å². The van der Waals surface area contributed by atoms with Gasteiger partial charge in [-0.3, -0.25) is 9.52 Å². The van der Waals surface area contributed by atoms with Crippen molar-refractivity contribution >= 4 is 37.1 Å². The number of ether oxygens (including phenoxy) is 1. The van der Waals surface area contributed by atoms with Gasteiger partial charge in [0.25, 0.3) is 5.91 Å². The molecule has 2 aromatic carbocycles. The summed E-state index contributed by atoms with van der Waals surface area (Å²) in [5, 5.41) is 2.67. The van der Waals surface area contributed by atoms with Crippen molar-refractivity contribution < 1.29 is 26.4 Å². The van der Waals surface area contributed by atoms with Gasteiger partial charge >= 0.3 is 0 Å². The van der Waals surface area contributed by atoms with E-state index in [4.69, 9.17) is 4.74 Å². The van der Waals surface area contributed by atoms with E-state index in [0.717, 1.165) is 12.5 Å². The number of carbonyl (C=O) groups is 1. The fourth-order valence-electron chi connectivity index (χ4n) is 2.36. The molecule has 0 aliphatic heterocycles. The number of carbonyl (C=O) groups excluding carboxylic acids is 1. The highest BCUT2D eigenvalue weighted by Gasteiger charge is 2.13. The Kier molecular flexibility index (Phi) is 6.11. The van der Waals surface area contributed by atoms with E-state index in [1.54, 1.807) is 18.2 Å². The van der Waals surface area contributed by atoms with Crippen molar-refractivity contribution in [1.82, 2.24) is 0 Å². The molecule has 0 heterocycles. The van der Waals surface area contributed by atoms with Crippen LogP contribution in [0, 0.1) is 0 Å². The van der Waals surface area contributed by atoms with Gasteiger partial charge in [0.05, 0.1) is 24.8 Å². The summed E-state index contributed by atoms with van der Waals surface area (Å²) in [5.74, 6) is -0.353. The highest BCUT2D eigenvalue weighted by Crippen LogP contribution is 2.29. The maximum absolute atomic E-state index is 12.4. The van der Waals surface area contributed by atoms with Crippen molar-refractivity contribution in [3.8, 4) is 5.75 Å². The number of rotatable bonds is 7. The highest BCUT2D eigenvalue weighted by atomic mass is 32.2. The number of hydrogen-bond donors (Lipinski definition) is 2. The molecule has 8 nitrogen and oxygen atoms in total. The Morgan fingerprint density at radius 2 is 1.74 bits per heavy atom. The normalized spacial score (nSPS) is 11.7. The van der Waals surface area contributed by atoms with Crippen LogP contribution in [0.4, 0.5) is 11.4 Å². The summed E-state index contributed by atoms with van der Waals surface area (Å²) in [4.78, 5) is 12.4. The molecule has 0 aliphatic rings. The standard InChI is InChI=1S/C17H20N2O6S2/c1-25-16-10-14(7-8-15(16)19-27(3,23)24)18-17(20)13-6-4-5-12(9-13)11-26(2,21)22/h4-10,19H,11H2,1-3H3,(H,18,20). The average Bonchev–Trinajstić information content (AvgIpc) is 2.53. The van der Waals surface area contributed by atoms with Gasteiger partial charge in [0.2, 0.25) is 10.0 Å². The fraction of sp³-hybridized carbons (Fsp3) is 0.235. The van der Waals surface area contributed by atoms with Crippen molar-refractivity contribution in [3.05, 3.63) is 53.6 Å². The van der Waals surface area contributed by atoms with Crippen LogP contribution in [0.25, 0.3) is 0 Å². The van der Waals surface area contributed by atoms with Crippen LogP contribution in [0.2, 0.25) is 0 Å². The summed E-state index contributed by atoms with van der Waals surface area (Å²) in [6, 6.07) is 10.8. The third-order valence-corrected chi connectivity index (χ3v) is 4.82. The molecular weight excluding hydrogens is 392 g/mol. The molecule has 0 spiro atoms. The lowest BCUT2D eigenvalue weighted by Gasteiger charge is -2.12. The van der Waals surface area contributed by atoms with Crippen molar-refractivity contribution in [1.29, 1.82) is 0 Å². The summed E-state index contributed by atoms with van der Waals surface area (Å²) in [7, 11) is -5.31. The van der Waals surface area contributed by atoms with Gasteiger partial charge in [0, 0.05) is 23.6 Å². The Morgan fingerprint density at radius 3 is 2.33 bits per heavy atom. The van der Waals surface area contributed by atoms with Gasteiger partial charge < -0.3 is 10.1 Å². The second-order valence-corrected chi connectivity index (χ2v) is 9.90. The Balaban J connectivity index is 2.22. The molecule has 0 fully saturated rings. The lowest BCUT2D eigenvalue weighted by atomic mass is 10.1. The number of methoxy groups -OCH3 is 1. The van der Waals surface area contributed by atoms with Gasteiger partial charge in [-0.25, -0.2) is 16.8 Å². The zero-order valence-corrected chi connectivity index (χ0v) is 16.6. The molecule has 0 saturated carbocycles. The van der Waals surface area contributed by atoms with Crippen molar-refractivity contribution in [2.24, 2.45) is 0 Å². The number of anilines is 2. The molecule has 0 unspecified atom stereocenters. The molecule has 146 valence electrons. The quantitative estimate of drug-likeness (QED) is 0.717. The first kappa shape index (κ1) is 20.7. The molecule has 0 aliphatic carbocycles. The molecule has 0 radical (unpaired) electrons. The van der Waals surface area contributed by atoms with Crippen LogP contribution in [-0.4, -0.2) is 42.4 Å². The van der Waals surface area contributed by atoms with Gasteiger partial charge in [-0.05, 0) is 29.8 Å². The van der Waals surface area contributed by atoms with Crippen molar-refractivity contribution in [2.75, 3.05) is 29.7 Å². The third kappa shape index (κ3) is 6.57. The van der Waals surface area contributed by atoms with Gasteiger partial charge in [-0.15, -0.1) is 0 Å². The molecule has 0 bridgehead atoms. The van der Waals surface area contributed by atoms with Gasteiger partial charge in [-0.2, -0.15) is 0 Å². The van der Waals surface area contributed by atoms with E-state index < -0.39 is 25.8 Å². The lowest BCUT2D eigenvalue weighted by molar-refractivity contribution is 0.102. The zero-order chi connectivity index (χ0) is 20.2. The molecule has 2 rings (SSSR count). The van der Waals surface area contributed by atoms with E-state index >= 15 is 0 Å². The summed E-state index contributed by atoms with van der Waals surface area (Å²) in [6.45, 7) is 0. The molecular formula is C17H20N2O6S2. The first-order valence-electron chi connectivity index (χ1n) is 7.71. The second-order valence-electron chi connectivity index (χ2n) is 6.01. The van der Waals surface area contributed by atoms with Crippen LogP contribution < -0.4 is 14.8 Å². The van der Waals surface area contributed by atoms with Gasteiger partial charge in [0.1, 0.15) is 5.75 Å².